The van der Waals surface area contributed by atoms with Gasteiger partial charge in [-0.2, -0.15) is 0 Å². The summed E-state index contributed by atoms with van der Waals surface area (Å²) in [4.78, 5) is 38.5. The minimum absolute atomic E-state index is 0.000752. The molecule has 0 radical (unpaired) electrons. The summed E-state index contributed by atoms with van der Waals surface area (Å²) < 4.78 is 11.5. The summed E-state index contributed by atoms with van der Waals surface area (Å²) in [5.74, 6) is -0.968. The third-order valence-electron chi connectivity index (χ3n) is 11.1. The molecule has 0 rings (SSSR count). The quantitative estimate of drug-likeness (QED) is 0.0463. The molecule has 0 aromatic rings. The number of esters is 2. The highest BCUT2D eigenvalue weighted by atomic mass is 16.5. The molecule has 0 aromatic carbocycles. The SMILES string of the molecule is CCCCCCCCOC(=O)CCCCCCCN(CCCCCCCC(=O)OC(CCCCCCCC)CCCCCCCC)CCCCC(N)C(=O)O. The number of hydrogen-bond donors (Lipinski definition) is 2. The van der Waals surface area contributed by atoms with Crippen molar-refractivity contribution in [2.45, 2.75) is 258 Å². The molecule has 3 N–H and O–H groups in total. The Bertz CT molecular complexity index is 839. The first-order chi connectivity index (χ1) is 26.8. The molecule has 1 unspecified atom stereocenters. The van der Waals surface area contributed by atoms with E-state index in [0.29, 0.717) is 25.9 Å². The zero-order chi connectivity index (χ0) is 40.5. The number of carbonyl (C=O) groups is 3. The van der Waals surface area contributed by atoms with Crippen molar-refractivity contribution >= 4 is 17.9 Å². The highest BCUT2D eigenvalue weighted by molar-refractivity contribution is 5.73. The first kappa shape index (κ1) is 53.3. The maximum absolute atomic E-state index is 12.8. The first-order valence-electron chi connectivity index (χ1n) is 23.9. The van der Waals surface area contributed by atoms with E-state index in [1.54, 1.807) is 0 Å². The molecule has 0 heterocycles. The fraction of sp³-hybridized carbons (Fsp3) is 0.936. The van der Waals surface area contributed by atoms with Gasteiger partial charge in [-0.25, -0.2) is 0 Å². The Kier molecular flexibility index (Phi) is 40.7. The van der Waals surface area contributed by atoms with Gasteiger partial charge in [0.1, 0.15) is 12.1 Å². The van der Waals surface area contributed by atoms with Crippen LogP contribution in [0.2, 0.25) is 0 Å². The maximum atomic E-state index is 12.8. The molecule has 8 heteroatoms. The molecule has 0 saturated carbocycles. The molecule has 0 aromatic heterocycles. The number of hydrogen-bond acceptors (Lipinski definition) is 7. The Morgan fingerprint density at radius 2 is 0.836 bits per heavy atom. The van der Waals surface area contributed by atoms with Crippen LogP contribution >= 0.6 is 0 Å². The summed E-state index contributed by atoms with van der Waals surface area (Å²) in [5.41, 5.74) is 5.73. The van der Waals surface area contributed by atoms with Crippen LogP contribution in [0.3, 0.4) is 0 Å². The average Bonchev–Trinajstić information content (AvgIpc) is 3.17. The summed E-state index contributed by atoms with van der Waals surface area (Å²) in [6.45, 7) is 10.4. The van der Waals surface area contributed by atoms with E-state index in [9.17, 15) is 14.4 Å². The Labute approximate surface area is 340 Å². The van der Waals surface area contributed by atoms with E-state index in [-0.39, 0.29) is 18.0 Å². The molecule has 1 atom stereocenters. The highest BCUT2D eigenvalue weighted by Gasteiger charge is 2.15. The highest BCUT2D eigenvalue weighted by Crippen LogP contribution is 2.19. The molecule has 0 amide bonds. The van der Waals surface area contributed by atoms with Crippen LogP contribution in [0.25, 0.3) is 0 Å². The maximum Gasteiger partial charge on any atom is 0.320 e. The molecule has 0 saturated heterocycles. The zero-order valence-corrected chi connectivity index (χ0v) is 36.7. The van der Waals surface area contributed by atoms with Gasteiger partial charge in [0.05, 0.1) is 6.61 Å². The van der Waals surface area contributed by atoms with Crippen molar-refractivity contribution in [2.75, 3.05) is 26.2 Å². The van der Waals surface area contributed by atoms with Gasteiger partial charge in [-0.15, -0.1) is 0 Å². The smallest absolute Gasteiger partial charge is 0.320 e. The van der Waals surface area contributed by atoms with Gasteiger partial charge in [0.2, 0.25) is 0 Å². The predicted octanol–water partition coefficient (Wildman–Crippen LogP) is 12.9. The second-order valence-electron chi connectivity index (χ2n) is 16.5. The van der Waals surface area contributed by atoms with Crippen LogP contribution in [0.1, 0.15) is 245 Å². The minimum atomic E-state index is -0.919. The van der Waals surface area contributed by atoms with Crippen molar-refractivity contribution in [3.05, 3.63) is 0 Å². The molecule has 0 aliphatic carbocycles. The fourth-order valence-electron chi connectivity index (χ4n) is 7.38. The molecular formula is C47H92N2O6. The summed E-state index contributed by atoms with van der Waals surface area (Å²) >= 11 is 0. The number of aliphatic carboxylic acids is 1. The van der Waals surface area contributed by atoms with Crippen LogP contribution in [-0.4, -0.2) is 66.3 Å². The van der Waals surface area contributed by atoms with E-state index < -0.39 is 12.0 Å². The fourth-order valence-corrected chi connectivity index (χ4v) is 7.38. The molecule has 0 bridgehead atoms. The van der Waals surface area contributed by atoms with Crippen molar-refractivity contribution in [1.82, 2.24) is 4.90 Å². The first-order valence-corrected chi connectivity index (χ1v) is 23.9. The standard InChI is InChI=1S/C47H92N2O6/c1-4-7-10-13-18-25-34-43(35-26-19-14-11-8-5-2)55-46(51)38-28-21-17-23-31-40-49(41-32-29-36-44(48)47(52)53)39-30-22-16-20-27-37-45(50)54-42-33-24-15-12-9-6-3/h43-44H,4-42,48H2,1-3H3,(H,52,53). The Morgan fingerprint density at radius 3 is 1.31 bits per heavy atom. The summed E-state index contributed by atoms with van der Waals surface area (Å²) in [7, 11) is 0. The van der Waals surface area contributed by atoms with Crippen LogP contribution in [0.5, 0.6) is 0 Å². The van der Waals surface area contributed by atoms with Crippen molar-refractivity contribution in [2.24, 2.45) is 5.73 Å². The summed E-state index contributed by atoms with van der Waals surface area (Å²) in [5, 5.41) is 9.12. The second kappa shape index (κ2) is 41.9. The number of nitrogens with zero attached hydrogens (tertiary/aromatic N) is 1. The number of carboxylic acids is 1. The third kappa shape index (κ3) is 39.0. The predicted molar refractivity (Wildman–Crippen MR) is 232 cm³/mol. The third-order valence-corrected chi connectivity index (χ3v) is 11.1. The van der Waals surface area contributed by atoms with E-state index >= 15 is 0 Å². The molecule has 0 aliphatic heterocycles. The van der Waals surface area contributed by atoms with Gasteiger partial charge < -0.3 is 25.2 Å². The molecule has 0 spiro atoms. The lowest BCUT2D eigenvalue weighted by Crippen LogP contribution is -2.31. The van der Waals surface area contributed by atoms with Gasteiger partial charge in [0.15, 0.2) is 0 Å². The van der Waals surface area contributed by atoms with Crippen LogP contribution < -0.4 is 5.73 Å². The summed E-state index contributed by atoms with van der Waals surface area (Å²) in [6, 6.07) is -0.773. The van der Waals surface area contributed by atoms with Crippen molar-refractivity contribution in [3.8, 4) is 0 Å². The molecule has 55 heavy (non-hydrogen) atoms. The lowest BCUT2D eigenvalue weighted by Gasteiger charge is -2.22. The van der Waals surface area contributed by atoms with Crippen LogP contribution in [-0.2, 0) is 23.9 Å². The zero-order valence-electron chi connectivity index (χ0n) is 36.7. The largest absolute Gasteiger partial charge is 0.480 e. The van der Waals surface area contributed by atoms with Gasteiger partial charge in [0.25, 0.3) is 0 Å². The number of unbranched alkanes of at least 4 members (excludes halogenated alkanes) is 24. The van der Waals surface area contributed by atoms with Gasteiger partial charge in [0, 0.05) is 12.8 Å². The molecule has 0 fully saturated rings. The lowest BCUT2D eigenvalue weighted by atomic mass is 10.0. The number of ether oxygens (including phenoxy) is 2. The molecular weight excluding hydrogens is 689 g/mol. The number of rotatable bonds is 44. The topological polar surface area (TPSA) is 119 Å². The van der Waals surface area contributed by atoms with Gasteiger partial charge in [-0.1, -0.05) is 162 Å². The second-order valence-corrected chi connectivity index (χ2v) is 16.5. The summed E-state index contributed by atoms with van der Waals surface area (Å²) in [6.07, 6.45) is 38.7. The van der Waals surface area contributed by atoms with Crippen molar-refractivity contribution in [1.29, 1.82) is 0 Å². The van der Waals surface area contributed by atoms with Crippen molar-refractivity contribution < 1.29 is 29.0 Å². The number of carboxylic acid groups (broad SMARTS) is 1. The Balaban J connectivity index is 4.36. The van der Waals surface area contributed by atoms with E-state index in [4.69, 9.17) is 20.3 Å². The van der Waals surface area contributed by atoms with Crippen LogP contribution in [0.15, 0.2) is 0 Å². The Morgan fingerprint density at radius 1 is 0.473 bits per heavy atom. The normalized spacial score (nSPS) is 12.1. The lowest BCUT2D eigenvalue weighted by molar-refractivity contribution is -0.150. The van der Waals surface area contributed by atoms with E-state index in [1.807, 2.05) is 0 Å². The van der Waals surface area contributed by atoms with E-state index in [2.05, 4.69) is 25.7 Å². The van der Waals surface area contributed by atoms with Crippen LogP contribution in [0.4, 0.5) is 0 Å². The van der Waals surface area contributed by atoms with E-state index in [1.165, 1.54) is 103 Å². The molecule has 0 aliphatic rings. The Hall–Kier alpha value is -1.67. The monoisotopic (exact) mass is 781 g/mol. The van der Waals surface area contributed by atoms with Crippen molar-refractivity contribution in [3.63, 3.8) is 0 Å². The van der Waals surface area contributed by atoms with E-state index in [0.717, 1.165) is 122 Å². The van der Waals surface area contributed by atoms with Gasteiger partial charge in [-0.05, 0) is 90.3 Å². The van der Waals surface area contributed by atoms with Crippen LogP contribution in [0, 0.1) is 0 Å². The average molecular weight is 781 g/mol. The molecule has 326 valence electrons. The number of nitrogens with two attached hydrogens (primary N) is 1. The van der Waals surface area contributed by atoms with Gasteiger partial charge in [-0.3, -0.25) is 14.4 Å². The molecule has 8 nitrogen and oxygen atoms in total. The number of carbonyl (C=O) groups excluding carboxylic acids is 2. The van der Waals surface area contributed by atoms with Gasteiger partial charge >= 0.3 is 17.9 Å². The minimum Gasteiger partial charge on any atom is -0.480 e.